The summed E-state index contributed by atoms with van der Waals surface area (Å²) in [6.45, 7) is 2.15. The maximum atomic E-state index is 14.3. The Hall–Kier alpha value is -4.45. The molecule has 4 amide bonds. The quantitative estimate of drug-likeness (QED) is 0.426. The molecule has 2 N–H and O–H groups in total. The second kappa shape index (κ2) is 12.8. The number of amides is 4. The first kappa shape index (κ1) is 30.0. The van der Waals surface area contributed by atoms with Gasteiger partial charge in [-0.05, 0) is 37.0 Å². The van der Waals surface area contributed by atoms with Gasteiger partial charge in [-0.15, -0.1) is 0 Å². The van der Waals surface area contributed by atoms with Gasteiger partial charge in [0.15, 0.2) is 0 Å². The van der Waals surface area contributed by atoms with Gasteiger partial charge in [0.05, 0.1) is 10.6 Å². The van der Waals surface area contributed by atoms with Crippen molar-refractivity contribution in [3.05, 3.63) is 85.9 Å². The molecule has 13 heteroatoms. The SMILES string of the molecule is CC(=O)NCCn1c(=O)c(-c2cccc(F)c2Cl)cn(CC(=O)N2CCC(N3CCc4ccccc4NC3=O)CC2)c1=O. The van der Waals surface area contributed by atoms with Gasteiger partial charge in [-0.3, -0.25) is 23.5 Å². The van der Waals surface area contributed by atoms with Crippen LogP contribution in [0.25, 0.3) is 11.1 Å². The summed E-state index contributed by atoms with van der Waals surface area (Å²) in [6, 6.07) is 11.5. The highest BCUT2D eigenvalue weighted by Gasteiger charge is 2.31. The maximum Gasteiger partial charge on any atom is 0.331 e. The molecular formula is C30H32ClFN6O5. The Morgan fingerprint density at radius 2 is 1.77 bits per heavy atom. The number of carbonyl (C=O) groups excluding carboxylic acids is 3. The van der Waals surface area contributed by atoms with Crippen molar-refractivity contribution < 1.29 is 18.8 Å². The van der Waals surface area contributed by atoms with Crippen LogP contribution in [-0.4, -0.2) is 69.0 Å². The summed E-state index contributed by atoms with van der Waals surface area (Å²) in [4.78, 5) is 67.8. The lowest BCUT2D eigenvalue weighted by molar-refractivity contribution is -0.133. The van der Waals surface area contributed by atoms with Gasteiger partial charge in [0, 0.05) is 63.1 Å². The van der Waals surface area contributed by atoms with Crippen molar-refractivity contribution in [3.63, 3.8) is 0 Å². The molecule has 0 unspecified atom stereocenters. The van der Waals surface area contributed by atoms with Crippen LogP contribution >= 0.6 is 11.6 Å². The molecule has 11 nitrogen and oxygen atoms in total. The van der Waals surface area contributed by atoms with Gasteiger partial charge >= 0.3 is 11.7 Å². The van der Waals surface area contributed by atoms with E-state index in [1.165, 1.54) is 25.3 Å². The predicted octanol–water partition coefficient (Wildman–Crippen LogP) is 2.69. The molecule has 0 aliphatic carbocycles. The van der Waals surface area contributed by atoms with E-state index in [9.17, 15) is 28.4 Å². The number of fused-ring (bicyclic) bond motifs is 1. The van der Waals surface area contributed by atoms with E-state index in [4.69, 9.17) is 11.6 Å². The number of rotatable bonds is 7. The van der Waals surface area contributed by atoms with Crippen molar-refractivity contribution in [1.29, 1.82) is 0 Å². The Bertz CT molecular complexity index is 1680. The van der Waals surface area contributed by atoms with Crippen LogP contribution in [0.5, 0.6) is 0 Å². The molecular weight excluding hydrogens is 579 g/mol. The number of nitrogens with zero attached hydrogens (tertiary/aromatic N) is 4. The maximum absolute atomic E-state index is 14.3. The molecule has 0 atom stereocenters. The van der Waals surface area contributed by atoms with E-state index in [1.807, 2.05) is 29.2 Å². The molecule has 0 bridgehead atoms. The van der Waals surface area contributed by atoms with E-state index in [0.717, 1.165) is 32.9 Å². The van der Waals surface area contributed by atoms with Gasteiger partial charge in [0.25, 0.3) is 5.56 Å². The molecule has 2 aromatic carbocycles. The number of aromatic nitrogens is 2. The predicted molar refractivity (Wildman–Crippen MR) is 160 cm³/mol. The molecule has 2 aliphatic rings. The van der Waals surface area contributed by atoms with Crippen LogP contribution in [0.2, 0.25) is 5.02 Å². The van der Waals surface area contributed by atoms with Gasteiger partial charge in [-0.25, -0.2) is 14.0 Å². The number of piperidine rings is 1. The van der Waals surface area contributed by atoms with Crippen LogP contribution in [0.1, 0.15) is 25.3 Å². The van der Waals surface area contributed by atoms with Crippen LogP contribution < -0.4 is 21.9 Å². The number of nitrogens with one attached hydrogen (secondary N) is 2. The van der Waals surface area contributed by atoms with Crippen molar-refractivity contribution in [1.82, 2.24) is 24.3 Å². The fraction of sp³-hybridized carbons (Fsp3) is 0.367. The van der Waals surface area contributed by atoms with Crippen molar-refractivity contribution >= 4 is 35.1 Å². The number of hydrogen-bond donors (Lipinski definition) is 2. The van der Waals surface area contributed by atoms with Crippen molar-refractivity contribution in [3.8, 4) is 11.1 Å². The Morgan fingerprint density at radius 3 is 2.51 bits per heavy atom. The molecule has 5 rings (SSSR count). The number of halogens is 2. The minimum atomic E-state index is -0.740. The normalized spacial score (nSPS) is 15.5. The molecule has 43 heavy (non-hydrogen) atoms. The topological polar surface area (TPSA) is 126 Å². The highest BCUT2D eigenvalue weighted by Crippen LogP contribution is 2.28. The zero-order valence-electron chi connectivity index (χ0n) is 23.6. The molecule has 0 spiro atoms. The summed E-state index contributed by atoms with van der Waals surface area (Å²) in [5.41, 5.74) is 0.464. The zero-order valence-corrected chi connectivity index (χ0v) is 24.4. The number of carbonyl (C=O) groups is 3. The van der Waals surface area contributed by atoms with Crippen LogP contribution in [0, 0.1) is 5.82 Å². The van der Waals surface area contributed by atoms with Crippen molar-refractivity contribution in [2.45, 2.75) is 45.3 Å². The monoisotopic (exact) mass is 610 g/mol. The fourth-order valence-corrected chi connectivity index (χ4v) is 5.84. The summed E-state index contributed by atoms with van der Waals surface area (Å²) < 4.78 is 16.3. The van der Waals surface area contributed by atoms with E-state index >= 15 is 0 Å². The van der Waals surface area contributed by atoms with Crippen LogP contribution in [0.15, 0.2) is 58.3 Å². The Balaban J connectivity index is 1.32. The highest BCUT2D eigenvalue weighted by molar-refractivity contribution is 6.33. The second-order valence-corrected chi connectivity index (χ2v) is 11.0. The molecule has 1 aromatic heterocycles. The molecule has 226 valence electrons. The molecule has 1 fully saturated rings. The smallest absolute Gasteiger partial charge is 0.331 e. The standard InChI is InChI=1S/C30H32ClFN6O5/c1-19(39)33-12-16-38-28(41)23(22-6-4-7-24(32)27(22)31)17-36(30(38)43)18-26(40)35-13-10-21(11-14-35)37-15-9-20-5-2-3-8-25(20)34-29(37)42/h2-8,17,21H,9-16,18H2,1H3,(H,33,39)(H,34,42). The Morgan fingerprint density at radius 1 is 1.02 bits per heavy atom. The summed E-state index contributed by atoms with van der Waals surface area (Å²) >= 11 is 6.17. The first-order valence-corrected chi connectivity index (χ1v) is 14.5. The first-order valence-electron chi connectivity index (χ1n) is 14.1. The van der Waals surface area contributed by atoms with E-state index in [1.54, 1.807) is 4.90 Å². The lowest BCUT2D eigenvalue weighted by Gasteiger charge is -2.38. The highest BCUT2D eigenvalue weighted by atomic mass is 35.5. The zero-order chi connectivity index (χ0) is 30.7. The van der Waals surface area contributed by atoms with E-state index < -0.39 is 17.1 Å². The van der Waals surface area contributed by atoms with Gasteiger partial charge in [-0.1, -0.05) is 41.9 Å². The summed E-state index contributed by atoms with van der Waals surface area (Å²) in [5.74, 6) is -1.41. The third-order valence-corrected chi connectivity index (χ3v) is 8.28. The average molecular weight is 611 g/mol. The van der Waals surface area contributed by atoms with Crippen LogP contribution in [0.4, 0.5) is 14.9 Å². The van der Waals surface area contributed by atoms with Crippen molar-refractivity contribution in [2.75, 3.05) is 31.5 Å². The number of hydrogen-bond acceptors (Lipinski definition) is 5. The number of likely N-dealkylation sites (tertiary alicyclic amines) is 1. The number of urea groups is 1. The minimum absolute atomic E-state index is 0.00142. The Kier molecular flexibility index (Phi) is 8.95. The van der Waals surface area contributed by atoms with Gasteiger partial charge < -0.3 is 20.4 Å². The van der Waals surface area contributed by atoms with Gasteiger partial charge in [0.1, 0.15) is 12.4 Å². The van der Waals surface area contributed by atoms with Crippen LogP contribution in [-0.2, 0) is 29.1 Å². The summed E-state index contributed by atoms with van der Waals surface area (Å²) in [5, 5.41) is 5.24. The molecule has 0 saturated carbocycles. The minimum Gasteiger partial charge on any atom is -0.355 e. The summed E-state index contributed by atoms with van der Waals surface area (Å²) in [6.07, 6.45) is 3.10. The average Bonchev–Trinajstić information content (AvgIpc) is 3.15. The molecule has 0 radical (unpaired) electrons. The van der Waals surface area contributed by atoms with Gasteiger partial charge in [0.2, 0.25) is 11.8 Å². The first-order chi connectivity index (χ1) is 20.6. The van der Waals surface area contributed by atoms with E-state index in [2.05, 4.69) is 10.6 Å². The second-order valence-electron chi connectivity index (χ2n) is 10.6. The third kappa shape index (κ3) is 6.48. The third-order valence-electron chi connectivity index (χ3n) is 7.89. The van der Waals surface area contributed by atoms with E-state index in [-0.39, 0.29) is 59.7 Å². The number of benzene rings is 2. The molecule has 3 heterocycles. The number of anilines is 1. The molecule has 3 aromatic rings. The molecule has 1 saturated heterocycles. The van der Waals surface area contributed by atoms with Crippen LogP contribution in [0.3, 0.4) is 0 Å². The Labute approximate surface area is 251 Å². The van der Waals surface area contributed by atoms with Gasteiger partial charge in [-0.2, -0.15) is 0 Å². The lowest BCUT2D eigenvalue weighted by Crippen LogP contribution is -2.51. The fourth-order valence-electron chi connectivity index (χ4n) is 5.62. The van der Waals surface area contributed by atoms with Crippen molar-refractivity contribution in [2.24, 2.45) is 0 Å². The van der Waals surface area contributed by atoms with E-state index in [0.29, 0.717) is 32.5 Å². The molecule has 2 aliphatic heterocycles. The summed E-state index contributed by atoms with van der Waals surface area (Å²) in [7, 11) is 0. The largest absolute Gasteiger partial charge is 0.355 e. The lowest BCUT2D eigenvalue weighted by atomic mass is 10.0. The number of para-hydroxylation sites is 1.